The lowest BCUT2D eigenvalue weighted by atomic mass is 10.0. The number of carbonyl (C=O) groups is 2. The van der Waals surface area contributed by atoms with E-state index in [-0.39, 0.29) is 23.2 Å². The van der Waals surface area contributed by atoms with Gasteiger partial charge in [0.25, 0.3) is 0 Å². The van der Waals surface area contributed by atoms with E-state index in [4.69, 9.17) is 0 Å². The summed E-state index contributed by atoms with van der Waals surface area (Å²) in [6.07, 6.45) is 9.71. The van der Waals surface area contributed by atoms with Gasteiger partial charge in [-0.1, -0.05) is 12.8 Å². The second-order valence-electron chi connectivity index (χ2n) is 7.34. The Bertz CT molecular complexity index is 612. The Morgan fingerprint density at radius 3 is 2.87 bits per heavy atom. The molecule has 3 fully saturated rings. The van der Waals surface area contributed by atoms with E-state index in [0.29, 0.717) is 5.91 Å². The first-order valence-electron chi connectivity index (χ1n) is 8.68. The number of likely N-dealkylation sites (tertiary alicyclic amines) is 1. The van der Waals surface area contributed by atoms with Crippen molar-refractivity contribution in [3.05, 3.63) is 24.5 Å². The number of hydrogen-bond acceptors (Lipinski definition) is 3. The molecule has 1 aliphatic heterocycles. The minimum atomic E-state index is 0.0422. The van der Waals surface area contributed by atoms with Crippen LogP contribution in [0.3, 0.4) is 0 Å². The Hall–Kier alpha value is -1.91. The van der Waals surface area contributed by atoms with E-state index in [9.17, 15) is 9.59 Å². The van der Waals surface area contributed by atoms with E-state index in [1.165, 1.54) is 12.8 Å². The Morgan fingerprint density at radius 1 is 1.30 bits per heavy atom. The van der Waals surface area contributed by atoms with Gasteiger partial charge in [-0.25, -0.2) is 0 Å². The molecular formula is C18H23N3O2. The van der Waals surface area contributed by atoms with Crippen LogP contribution in [0.4, 0.5) is 5.69 Å². The number of anilines is 1. The summed E-state index contributed by atoms with van der Waals surface area (Å²) < 4.78 is 0. The number of rotatable bonds is 3. The van der Waals surface area contributed by atoms with Crippen LogP contribution in [0, 0.1) is 17.3 Å². The molecule has 0 unspecified atom stereocenters. The summed E-state index contributed by atoms with van der Waals surface area (Å²) in [5.74, 6) is 0.696. The third kappa shape index (κ3) is 2.73. The molecule has 1 spiro atoms. The molecule has 2 saturated carbocycles. The zero-order valence-corrected chi connectivity index (χ0v) is 13.3. The van der Waals surface area contributed by atoms with Gasteiger partial charge in [-0.15, -0.1) is 0 Å². The van der Waals surface area contributed by atoms with E-state index in [2.05, 4.69) is 10.3 Å². The van der Waals surface area contributed by atoms with Crippen LogP contribution in [0.15, 0.2) is 24.5 Å². The van der Waals surface area contributed by atoms with E-state index >= 15 is 0 Å². The molecular weight excluding hydrogens is 290 g/mol. The lowest BCUT2D eigenvalue weighted by Gasteiger charge is -2.20. The highest BCUT2D eigenvalue weighted by Crippen LogP contribution is 2.59. The lowest BCUT2D eigenvalue weighted by molar-refractivity contribution is -0.134. The van der Waals surface area contributed by atoms with Crippen molar-refractivity contribution in [3.63, 3.8) is 0 Å². The van der Waals surface area contributed by atoms with Gasteiger partial charge in [0.1, 0.15) is 0 Å². The molecule has 122 valence electrons. The normalized spacial score (nSPS) is 29.9. The maximum Gasteiger partial charge on any atom is 0.228 e. The highest BCUT2D eigenvalue weighted by atomic mass is 16.2. The molecule has 1 aromatic rings. The van der Waals surface area contributed by atoms with Crippen LogP contribution in [-0.4, -0.2) is 34.8 Å². The lowest BCUT2D eigenvalue weighted by Crippen LogP contribution is -2.34. The van der Waals surface area contributed by atoms with Gasteiger partial charge >= 0.3 is 0 Å². The van der Waals surface area contributed by atoms with Crippen molar-refractivity contribution in [1.82, 2.24) is 9.88 Å². The molecule has 5 heteroatoms. The summed E-state index contributed by atoms with van der Waals surface area (Å²) in [7, 11) is 0. The van der Waals surface area contributed by atoms with Crippen molar-refractivity contribution >= 4 is 17.5 Å². The van der Waals surface area contributed by atoms with Crippen LogP contribution < -0.4 is 5.32 Å². The van der Waals surface area contributed by atoms with Crippen molar-refractivity contribution in [3.8, 4) is 0 Å². The molecule has 23 heavy (non-hydrogen) atoms. The first-order chi connectivity index (χ1) is 11.2. The summed E-state index contributed by atoms with van der Waals surface area (Å²) >= 11 is 0. The number of pyridine rings is 1. The maximum atomic E-state index is 12.5. The number of aromatic nitrogens is 1. The maximum absolute atomic E-state index is 12.5. The highest BCUT2D eigenvalue weighted by molar-refractivity contribution is 5.95. The van der Waals surface area contributed by atoms with E-state index in [1.54, 1.807) is 12.4 Å². The zero-order valence-electron chi connectivity index (χ0n) is 13.3. The number of amides is 2. The predicted molar refractivity (Wildman–Crippen MR) is 86.6 cm³/mol. The molecule has 0 bridgehead atoms. The Kier molecular flexibility index (Phi) is 3.58. The van der Waals surface area contributed by atoms with Crippen molar-refractivity contribution in [2.24, 2.45) is 17.3 Å². The SMILES string of the molecule is O=C(Nc1cccnc1)[C@@H]1C[C@]12CCN(C(=O)C1CCCC1)C2. The van der Waals surface area contributed by atoms with Crippen molar-refractivity contribution in [2.75, 3.05) is 18.4 Å². The summed E-state index contributed by atoms with van der Waals surface area (Å²) in [5.41, 5.74) is 0.789. The van der Waals surface area contributed by atoms with Crippen LogP contribution in [0.5, 0.6) is 0 Å². The van der Waals surface area contributed by atoms with Gasteiger partial charge in [-0.05, 0) is 37.8 Å². The summed E-state index contributed by atoms with van der Waals surface area (Å²) in [4.78, 5) is 31.0. The first-order valence-corrected chi connectivity index (χ1v) is 8.68. The average Bonchev–Trinajstić information content (AvgIpc) is 2.94. The zero-order chi connectivity index (χ0) is 15.9. The molecule has 1 aromatic heterocycles. The second kappa shape index (κ2) is 5.62. The fourth-order valence-corrected chi connectivity index (χ4v) is 4.35. The third-order valence-corrected chi connectivity index (χ3v) is 5.84. The van der Waals surface area contributed by atoms with Crippen molar-refractivity contribution < 1.29 is 9.59 Å². The summed E-state index contributed by atoms with van der Waals surface area (Å²) in [5, 5.41) is 2.95. The first kappa shape index (κ1) is 14.7. The number of hydrogen-bond donors (Lipinski definition) is 1. The molecule has 2 aliphatic carbocycles. The van der Waals surface area contributed by atoms with Gasteiger partial charge in [0.2, 0.25) is 11.8 Å². The molecule has 1 N–H and O–H groups in total. The topological polar surface area (TPSA) is 62.3 Å². The summed E-state index contributed by atoms with van der Waals surface area (Å²) in [6.45, 7) is 1.60. The van der Waals surface area contributed by atoms with E-state index < -0.39 is 0 Å². The van der Waals surface area contributed by atoms with E-state index in [0.717, 1.165) is 44.5 Å². The minimum Gasteiger partial charge on any atom is -0.342 e. The molecule has 0 aromatic carbocycles. The van der Waals surface area contributed by atoms with Gasteiger partial charge in [0.15, 0.2) is 0 Å². The molecule has 3 aliphatic rings. The van der Waals surface area contributed by atoms with Gasteiger partial charge in [0.05, 0.1) is 11.9 Å². The van der Waals surface area contributed by atoms with Crippen LogP contribution in [0.25, 0.3) is 0 Å². The third-order valence-electron chi connectivity index (χ3n) is 5.84. The fourth-order valence-electron chi connectivity index (χ4n) is 4.35. The van der Waals surface area contributed by atoms with Gasteiger partial charge < -0.3 is 10.2 Å². The standard InChI is InChI=1S/C18H23N3O2/c22-16(20-14-6-3-8-19-11-14)15-10-18(15)7-9-21(12-18)17(23)13-4-1-2-5-13/h3,6,8,11,13,15H,1-2,4-5,7,9-10,12H2,(H,20,22)/t15-,18-/m0/s1. The monoisotopic (exact) mass is 313 g/mol. The molecule has 1 saturated heterocycles. The summed E-state index contributed by atoms with van der Waals surface area (Å²) in [6, 6.07) is 3.67. The smallest absolute Gasteiger partial charge is 0.228 e. The molecule has 2 atom stereocenters. The fraction of sp³-hybridized carbons (Fsp3) is 0.611. The predicted octanol–water partition coefficient (Wildman–Crippen LogP) is 2.45. The molecule has 0 radical (unpaired) electrons. The second-order valence-corrected chi connectivity index (χ2v) is 7.34. The van der Waals surface area contributed by atoms with Crippen molar-refractivity contribution in [1.29, 1.82) is 0 Å². The van der Waals surface area contributed by atoms with Gasteiger partial charge in [-0.3, -0.25) is 14.6 Å². The Labute approximate surface area is 136 Å². The quantitative estimate of drug-likeness (QED) is 0.932. The molecule has 2 amide bonds. The largest absolute Gasteiger partial charge is 0.342 e. The van der Waals surface area contributed by atoms with Gasteiger partial charge in [-0.2, -0.15) is 0 Å². The molecule has 5 nitrogen and oxygen atoms in total. The molecule has 2 heterocycles. The number of nitrogens with zero attached hydrogens (tertiary/aromatic N) is 2. The number of carbonyl (C=O) groups excluding carboxylic acids is 2. The van der Waals surface area contributed by atoms with E-state index in [1.807, 2.05) is 17.0 Å². The van der Waals surface area contributed by atoms with Gasteiger partial charge in [0, 0.05) is 36.5 Å². The van der Waals surface area contributed by atoms with Crippen LogP contribution in [0.1, 0.15) is 38.5 Å². The Morgan fingerprint density at radius 2 is 2.13 bits per heavy atom. The Balaban J connectivity index is 1.35. The van der Waals surface area contributed by atoms with Crippen LogP contribution in [0.2, 0.25) is 0 Å². The average molecular weight is 313 g/mol. The van der Waals surface area contributed by atoms with Crippen LogP contribution in [-0.2, 0) is 9.59 Å². The minimum absolute atomic E-state index is 0.0422. The van der Waals surface area contributed by atoms with Crippen LogP contribution >= 0.6 is 0 Å². The highest BCUT2D eigenvalue weighted by Gasteiger charge is 2.61. The van der Waals surface area contributed by atoms with Crippen molar-refractivity contribution in [2.45, 2.75) is 38.5 Å². The number of nitrogens with one attached hydrogen (secondary N) is 1. The molecule has 4 rings (SSSR count).